The van der Waals surface area contributed by atoms with E-state index in [9.17, 15) is 4.79 Å². The lowest BCUT2D eigenvalue weighted by molar-refractivity contribution is -0.110. The number of hydrogen-bond acceptors (Lipinski definition) is 3. The van der Waals surface area contributed by atoms with Crippen molar-refractivity contribution >= 4 is 22.5 Å². The zero-order valence-electron chi connectivity index (χ0n) is 9.64. The van der Waals surface area contributed by atoms with E-state index < -0.39 is 0 Å². The molecule has 0 aliphatic carbocycles. The molecule has 0 saturated carbocycles. The summed E-state index contributed by atoms with van der Waals surface area (Å²) in [6.07, 6.45) is 4.65. The second-order valence-corrected chi connectivity index (χ2v) is 4.18. The van der Waals surface area contributed by atoms with Crippen molar-refractivity contribution in [1.29, 1.82) is 0 Å². The maximum absolute atomic E-state index is 11.5. The summed E-state index contributed by atoms with van der Waals surface area (Å²) in [6, 6.07) is 5.56. The Balaban J connectivity index is 0.00000289. The average Bonchev–Trinajstić information content (AvgIpc) is 2.38. The van der Waals surface area contributed by atoms with Crippen LogP contribution in [-0.2, 0) is 4.79 Å². The van der Waals surface area contributed by atoms with Crippen LogP contribution < -0.4 is 0 Å². The lowest BCUT2D eigenvalue weighted by atomic mass is 10.3. The van der Waals surface area contributed by atoms with Gasteiger partial charge in [0.15, 0.2) is 5.78 Å². The number of carbonyl (C=O) groups is 1. The number of rotatable bonds is 5. The molecule has 0 saturated heterocycles. The molecular weight excluding hydrogens is 230 g/mol. The number of allylic oxidation sites excluding steroid dienone is 2. The van der Waals surface area contributed by atoms with Gasteiger partial charge in [0.1, 0.15) is 4.91 Å². The van der Waals surface area contributed by atoms with Gasteiger partial charge >= 0.3 is 0 Å². The fourth-order valence-electron chi connectivity index (χ4n) is 1.08. The van der Waals surface area contributed by atoms with Gasteiger partial charge in [-0.15, -0.1) is 5.73 Å². The van der Waals surface area contributed by atoms with E-state index in [1.54, 1.807) is 19.2 Å². The quantitative estimate of drug-likeness (QED) is 0.583. The van der Waals surface area contributed by atoms with E-state index in [2.05, 4.69) is 23.9 Å². The van der Waals surface area contributed by atoms with Crippen LogP contribution in [0.5, 0.6) is 0 Å². The van der Waals surface area contributed by atoms with Gasteiger partial charge in [-0.05, 0) is 31.2 Å². The molecule has 1 aromatic heterocycles. The number of aromatic nitrogens is 1. The molecule has 1 aromatic rings. The number of pyridine rings is 1. The third kappa shape index (κ3) is 3.91. The molecule has 0 aliphatic rings. The normalized spacial score (nSPS) is 9.00. The molecule has 0 amide bonds. The molecule has 1 heterocycles. The first-order valence-corrected chi connectivity index (χ1v) is 5.87. The highest BCUT2D eigenvalue weighted by atomic mass is 32.2. The predicted octanol–water partition coefficient (Wildman–Crippen LogP) is 3.85. The van der Waals surface area contributed by atoms with Crippen molar-refractivity contribution in [2.45, 2.75) is 6.92 Å². The summed E-state index contributed by atoms with van der Waals surface area (Å²) in [5.74, 6) is -0.162. The zero-order valence-corrected chi connectivity index (χ0v) is 10.5. The fourth-order valence-corrected chi connectivity index (χ4v) is 1.91. The zero-order chi connectivity index (χ0) is 12.7. The first kappa shape index (κ1) is 13.2. The molecule has 0 N–H and O–H groups in total. The van der Waals surface area contributed by atoms with Gasteiger partial charge in [0, 0.05) is 12.5 Å². The number of hydrogen-bond donors (Lipinski definition) is 0. The largest absolute Gasteiger partial charge is 0.288 e. The summed E-state index contributed by atoms with van der Waals surface area (Å²) in [5, 5.41) is 0. The lowest BCUT2D eigenvalue weighted by Crippen LogP contribution is -1.93. The van der Waals surface area contributed by atoms with E-state index in [0.717, 1.165) is 5.69 Å². The molecule has 0 fully saturated rings. The Morgan fingerprint density at radius 2 is 2.35 bits per heavy atom. The topological polar surface area (TPSA) is 30.0 Å². The molecule has 0 bridgehead atoms. The van der Waals surface area contributed by atoms with Gasteiger partial charge in [-0.1, -0.05) is 31.0 Å². The van der Waals surface area contributed by atoms with Gasteiger partial charge in [-0.25, -0.2) is 0 Å². The number of carbonyl (C=O) groups excluding carboxylic acids is 1. The highest BCUT2D eigenvalue weighted by molar-refractivity contribution is 8.12. The number of thioether (sulfide) groups is 1. The molecule has 0 unspecified atom stereocenters. The van der Waals surface area contributed by atoms with Crippen molar-refractivity contribution in [3.05, 3.63) is 66.0 Å². The molecule has 0 atom stereocenters. The Morgan fingerprint density at radius 1 is 1.59 bits per heavy atom. The van der Waals surface area contributed by atoms with Crippen molar-refractivity contribution in [1.82, 2.24) is 4.98 Å². The van der Waals surface area contributed by atoms with E-state index in [0.29, 0.717) is 9.81 Å². The Morgan fingerprint density at radius 3 is 2.88 bits per heavy atom. The predicted molar refractivity (Wildman–Crippen MR) is 75.5 cm³/mol. The smallest absolute Gasteiger partial charge is 0.199 e. The highest BCUT2D eigenvalue weighted by Gasteiger charge is 2.09. The summed E-state index contributed by atoms with van der Waals surface area (Å²) in [5.41, 5.74) is 3.63. The standard InChI is InChI=1S/C14H13NOS.H2/c1-4-8-14(13(16)5-2)17-11(3)12-9-6-7-10-15-12;/h4-7,9-10H,2-3H2,1H3;1H. The minimum atomic E-state index is -0.162. The van der Waals surface area contributed by atoms with Gasteiger partial charge in [-0.2, -0.15) is 0 Å². The first-order chi connectivity index (χ1) is 8.19. The van der Waals surface area contributed by atoms with E-state index in [1.165, 1.54) is 17.8 Å². The number of nitrogens with zero attached hydrogens (tertiary/aromatic N) is 1. The third-order valence-electron chi connectivity index (χ3n) is 1.86. The molecule has 1 rings (SSSR count). The number of ketones is 1. The Hall–Kier alpha value is -1.83. The molecule has 0 aliphatic heterocycles. The molecular formula is C14H15NOS. The fraction of sp³-hybridized carbons (Fsp3) is 0.0714. The summed E-state index contributed by atoms with van der Waals surface area (Å²) in [7, 11) is 0. The van der Waals surface area contributed by atoms with Gasteiger partial charge < -0.3 is 0 Å². The van der Waals surface area contributed by atoms with Gasteiger partial charge in [0.2, 0.25) is 0 Å². The Bertz CT molecular complexity index is 502. The van der Waals surface area contributed by atoms with Crippen molar-refractivity contribution in [2.75, 3.05) is 0 Å². The van der Waals surface area contributed by atoms with Crippen LogP contribution in [0.4, 0.5) is 0 Å². The maximum Gasteiger partial charge on any atom is 0.199 e. The maximum atomic E-state index is 11.5. The Kier molecular flexibility index (Phi) is 5.21. The van der Waals surface area contributed by atoms with Crippen molar-refractivity contribution in [2.24, 2.45) is 0 Å². The molecule has 17 heavy (non-hydrogen) atoms. The molecule has 0 aromatic carbocycles. The second-order valence-electron chi connectivity index (χ2n) is 3.07. The van der Waals surface area contributed by atoms with E-state index in [-0.39, 0.29) is 7.21 Å². The molecule has 3 heteroatoms. The van der Waals surface area contributed by atoms with Crippen LogP contribution in [0, 0.1) is 0 Å². The summed E-state index contributed by atoms with van der Waals surface area (Å²) < 4.78 is 0. The minimum absolute atomic E-state index is 0. The van der Waals surface area contributed by atoms with Crippen LogP contribution in [0.1, 0.15) is 14.0 Å². The lowest BCUT2D eigenvalue weighted by Gasteiger charge is -2.04. The summed E-state index contributed by atoms with van der Waals surface area (Å²) >= 11 is 1.25. The van der Waals surface area contributed by atoms with E-state index in [4.69, 9.17) is 0 Å². The summed E-state index contributed by atoms with van der Waals surface area (Å²) in [4.78, 5) is 16.9. The molecule has 2 nitrogen and oxygen atoms in total. The van der Waals surface area contributed by atoms with Crippen LogP contribution in [0.2, 0.25) is 0 Å². The van der Waals surface area contributed by atoms with E-state index >= 15 is 0 Å². The third-order valence-corrected chi connectivity index (χ3v) is 2.84. The van der Waals surface area contributed by atoms with Crippen LogP contribution in [0.15, 0.2) is 60.3 Å². The average molecular weight is 245 g/mol. The Labute approximate surface area is 107 Å². The van der Waals surface area contributed by atoms with Crippen LogP contribution in [0.3, 0.4) is 0 Å². The van der Waals surface area contributed by atoms with Crippen molar-refractivity contribution in [3.8, 4) is 0 Å². The van der Waals surface area contributed by atoms with E-state index in [1.807, 2.05) is 18.2 Å². The van der Waals surface area contributed by atoms with Gasteiger partial charge in [0.05, 0.1) is 5.69 Å². The van der Waals surface area contributed by atoms with Gasteiger partial charge in [0.25, 0.3) is 0 Å². The van der Waals surface area contributed by atoms with Crippen LogP contribution in [-0.4, -0.2) is 10.8 Å². The van der Waals surface area contributed by atoms with Crippen molar-refractivity contribution in [3.63, 3.8) is 0 Å². The molecule has 0 radical (unpaired) electrons. The highest BCUT2D eigenvalue weighted by Crippen LogP contribution is 2.30. The SMILES string of the molecule is C=CC(=O)C(=C=CC)SC(=C)c1ccccn1.[HH]. The van der Waals surface area contributed by atoms with Crippen LogP contribution >= 0.6 is 11.8 Å². The summed E-state index contributed by atoms with van der Waals surface area (Å²) in [6.45, 7) is 9.17. The van der Waals surface area contributed by atoms with Crippen LogP contribution in [0.25, 0.3) is 4.91 Å². The van der Waals surface area contributed by atoms with Crippen molar-refractivity contribution < 1.29 is 6.22 Å². The molecule has 0 spiro atoms. The van der Waals surface area contributed by atoms with Gasteiger partial charge in [-0.3, -0.25) is 9.78 Å². The molecule has 88 valence electrons. The monoisotopic (exact) mass is 245 g/mol. The first-order valence-electron chi connectivity index (χ1n) is 5.05. The second kappa shape index (κ2) is 6.69. The minimum Gasteiger partial charge on any atom is -0.288 e.